The van der Waals surface area contributed by atoms with Crippen LogP contribution >= 0.6 is 0 Å². The molecule has 0 aliphatic carbocycles. The van der Waals surface area contributed by atoms with Crippen LogP contribution in [0.2, 0.25) is 0 Å². The van der Waals surface area contributed by atoms with Gasteiger partial charge in [-0.25, -0.2) is 4.98 Å². The number of amides is 1. The monoisotopic (exact) mass is 413 g/mol. The summed E-state index contributed by atoms with van der Waals surface area (Å²) in [5.74, 6) is -0.442. The number of morpholine rings is 1. The van der Waals surface area contributed by atoms with Crippen molar-refractivity contribution >= 4 is 28.6 Å². The summed E-state index contributed by atoms with van der Waals surface area (Å²) in [7, 11) is 0. The van der Waals surface area contributed by atoms with Crippen molar-refractivity contribution in [1.82, 2.24) is 9.38 Å². The smallest absolute Gasteiger partial charge is 0.248 e. The standard InChI is InChI=1S/C24H23N5O2/c25-23(30)18-3-1-2-17(16-18)22-9-8-21(24-26-10-11-29(22)24)27-19-4-6-20(7-5-19)28-12-14-31-15-13-28/h1-11,16,27H,12-15H2,(H2,25,30). The van der Waals surface area contributed by atoms with E-state index in [-0.39, 0.29) is 0 Å². The molecular weight excluding hydrogens is 390 g/mol. The second kappa shape index (κ2) is 8.12. The first kappa shape index (κ1) is 19.1. The summed E-state index contributed by atoms with van der Waals surface area (Å²) in [6.45, 7) is 3.37. The lowest BCUT2D eigenvalue weighted by atomic mass is 10.1. The molecule has 0 bridgehead atoms. The fourth-order valence-corrected chi connectivity index (χ4v) is 3.91. The van der Waals surface area contributed by atoms with Crippen molar-refractivity contribution in [2.24, 2.45) is 5.73 Å². The Labute approximate surface area is 180 Å². The molecule has 1 aliphatic heterocycles. The number of anilines is 3. The summed E-state index contributed by atoms with van der Waals surface area (Å²) in [5, 5.41) is 3.47. The van der Waals surface area contributed by atoms with Gasteiger partial charge in [0.2, 0.25) is 5.91 Å². The van der Waals surface area contributed by atoms with Gasteiger partial charge in [-0.05, 0) is 54.1 Å². The Morgan fingerprint density at radius 2 is 1.84 bits per heavy atom. The number of nitrogens with one attached hydrogen (secondary N) is 1. The Morgan fingerprint density at radius 3 is 2.61 bits per heavy atom. The lowest BCUT2D eigenvalue weighted by Gasteiger charge is -2.29. The SMILES string of the molecule is NC(=O)c1cccc(-c2ccc(Nc3ccc(N4CCOCC4)cc3)c3nccn23)c1. The van der Waals surface area contributed by atoms with E-state index in [1.165, 1.54) is 5.69 Å². The van der Waals surface area contributed by atoms with Crippen molar-refractivity contribution in [2.75, 3.05) is 36.5 Å². The van der Waals surface area contributed by atoms with Crippen LogP contribution in [0.3, 0.4) is 0 Å². The zero-order valence-corrected chi connectivity index (χ0v) is 17.0. The van der Waals surface area contributed by atoms with E-state index in [2.05, 4.69) is 39.5 Å². The number of rotatable bonds is 5. The summed E-state index contributed by atoms with van der Waals surface area (Å²) >= 11 is 0. The van der Waals surface area contributed by atoms with Gasteiger partial charge in [-0.2, -0.15) is 0 Å². The zero-order chi connectivity index (χ0) is 21.2. The van der Waals surface area contributed by atoms with Gasteiger partial charge in [0, 0.05) is 42.4 Å². The van der Waals surface area contributed by atoms with E-state index in [0.717, 1.165) is 54.6 Å². The Morgan fingerprint density at radius 1 is 1.03 bits per heavy atom. The number of carbonyl (C=O) groups is 1. The molecule has 31 heavy (non-hydrogen) atoms. The van der Waals surface area contributed by atoms with Gasteiger partial charge in [-0.15, -0.1) is 0 Å². The maximum atomic E-state index is 11.6. The summed E-state index contributed by atoms with van der Waals surface area (Å²) in [4.78, 5) is 18.4. The fourth-order valence-electron chi connectivity index (χ4n) is 3.91. The molecule has 1 amide bonds. The van der Waals surface area contributed by atoms with Crippen LogP contribution in [0.25, 0.3) is 16.9 Å². The van der Waals surface area contributed by atoms with Crippen LogP contribution in [0.4, 0.5) is 17.1 Å². The third-order valence-corrected chi connectivity index (χ3v) is 5.51. The molecule has 7 heteroatoms. The molecule has 7 nitrogen and oxygen atoms in total. The van der Waals surface area contributed by atoms with Gasteiger partial charge < -0.3 is 20.7 Å². The van der Waals surface area contributed by atoms with Gasteiger partial charge in [0.05, 0.1) is 24.6 Å². The van der Waals surface area contributed by atoms with Crippen molar-refractivity contribution in [2.45, 2.75) is 0 Å². The number of carbonyl (C=O) groups excluding carboxylic acids is 1. The van der Waals surface area contributed by atoms with E-state index in [1.54, 1.807) is 18.3 Å². The van der Waals surface area contributed by atoms with Crippen LogP contribution in [-0.4, -0.2) is 41.6 Å². The Balaban J connectivity index is 1.43. The summed E-state index contributed by atoms with van der Waals surface area (Å²) < 4.78 is 7.44. The van der Waals surface area contributed by atoms with E-state index >= 15 is 0 Å². The van der Waals surface area contributed by atoms with E-state index < -0.39 is 5.91 Å². The Hall–Kier alpha value is -3.84. The number of hydrogen-bond donors (Lipinski definition) is 2. The maximum absolute atomic E-state index is 11.6. The number of nitrogens with zero attached hydrogens (tertiary/aromatic N) is 3. The number of pyridine rings is 1. The molecule has 2 aromatic carbocycles. The minimum atomic E-state index is -0.442. The number of ether oxygens (including phenoxy) is 1. The second-order valence-corrected chi connectivity index (χ2v) is 7.47. The normalized spacial score (nSPS) is 14.0. The molecule has 0 spiro atoms. The lowest BCUT2D eigenvalue weighted by Crippen LogP contribution is -2.36. The second-order valence-electron chi connectivity index (χ2n) is 7.47. The van der Waals surface area contributed by atoms with E-state index in [9.17, 15) is 4.79 Å². The van der Waals surface area contributed by atoms with Gasteiger partial charge in [0.25, 0.3) is 0 Å². The van der Waals surface area contributed by atoms with Crippen LogP contribution in [-0.2, 0) is 4.74 Å². The fraction of sp³-hybridized carbons (Fsp3) is 0.167. The van der Waals surface area contributed by atoms with Crippen LogP contribution in [0.1, 0.15) is 10.4 Å². The van der Waals surface area contributed by atoms with Crippen molar-refractivity contribution in [3.8, 4) is 11.3 Å². The average molecular weight is 413 g/mol. The van der Waals surface area contributed by atoms with Crippen LogP contribution < -0.4 is 16.0 Å². The third-order valence-electron chi connectivity index (χ3n) is 5.51. The minimum absolute atomic E-state index is 0.442. The molecule has 2 aromatic heterocycles. The number of fused-ring (bicyclic) bond motifs is 1. The lowest BCUT2D eigenvalue weighted by molar-refractivity contribution is 0.100. The third kappa shape index (κ3) is 3.83. The molecular formula is C24H23N5O2. The quantitative estimate of drug-likeness (QED) is 0.521. The highest BCUT2D eigenvalue weighted by atomic mass is 16.5. The van der Waals surface area contributed by atoms with Crippen molar-refractivity contribution < 1.29 is 9.53 Å². The molecule has 5 rings (SSSR count). The van der Waals surface area contributed by atoms with Gasteiger partial charge >= 0.3 is 0 Å². The topological polar surface area (TPSA) is 84.9 Å². The number of benzene rings is 2. The molecule has 0 atom stereocenters. The van der Waals surface area contributed by atoms with E-state index in [4.69, 9.17) is 10.5 Å². The molecule has 0 radical (unpaired) electrons. The Kier molecular flexibility index (Phi) is 5.01. The maximum Gasteiger partial charge on any atom is 0.248 e. The average Bonchev–Trinajstić information content (AvgIpc) is 3.31. The van der Waals surface area contributed by atoms with Crippen molar-refractivity contribution in [1.29, 1.82) is 0 Å². The van der Waals surface area contributed by atoms with Gasteiger partial charge in [0.15, 0.2) is 5.65 Å². The summed E-state index contributed by atoms with van der Waals surface area (Å²) in [6, 6.07) is 19.7. The first-order valence-corrected chi connectivity index (χ1v) is 10.3. The van der Waals surface area contributed by atoms with Gasteiger partial charge in [0.1, 0.15) is 0 Å². The highest BCUT2D eigenvalue weighted by Crippen LogP contribution is 2.29. The predicted octanol–water partition coefficient (Wildman–Crippen LogP) is 3.68. The molecule has 1 saturated heterocycles. The molecule has 0 unspecified atom stereocenters. The highest BCUT2D eigenvalue weighted by Gasteiger charge is 2.13. The first-order valence-electron chi connectivity index (χ1n) is 10.3. The van der Waals surface area contributed by atoms with Crippen LogP contribution in [0.15, 0.2) is 73.1 Å². The molecule has 4 aromatic rings. The molecule has 3 N–H and O–H groups in total. The van der Waals surface area contributed by atoms with Crippen LogP contribution in [0.5, 0.6) is 0 Å². The predicted molar refractivity (Wildman–Crippen MR) is 122 cm³/mol. The van der Waals surface area contributed by atoms with Crippen LogP contribution in [0, 0.1) is 0 Å². The zero-order valence-electron chi connectivity index (χ0n) is 17.0. The first-order chi connectivity index (χ1) is 15.2. The van der Waals surface area contributed by atoms with Gasteiger partial charge in [-0.3, -0.25) is 9.20 Å². The number of aromatic nitrogens is 2. The number of hydrogen-bond acceptors (Lipinski definition) is 5. The summed E-state index contributed by atoms with van der Waals surface area (Å²) in [6.07, 6.45) is 3.68. The number of imidazole rings is 1. The van der Waals surface area contributed by atoms with Crippen molar-refractivity contribution in [3.63, 3.8) is 0 Å². The minimum Gasteiger partial charge on any atom is -0.378 e. The highest BCUT2D eigenvalue weighted by molar-refractivity contribution is 5.94. The Bertz CT molecular complexity index is 1230. The van der Waals surface area contributed by atoms with Gasteiger partial charge in [-0.1, -0.05) is 12.1 Å². The molecule has 0 saturated carbocycles. The molecule has 1 aliphatic rings. The largest absolute Gasteiger partial charge is 0.378 e. The van der Waals surface area contributed by atoms with E-state index in [1.807, 2.05) is 34.9 Å². The summed E-state index contributed by atoms with van der Waals surface area (Å²) in [5.41, 5.74) is 11.7. The molecule has 3 heterocycles. The molecule has 1 fully saturated rings. The van der Waals surface area contributed by atoms with Crippen molar-refractivity contribution in [3.05, 3.63) is 78.6 Å². The number of primary amides is 1. The number of nitrogens with two attached hydrogens (primary N) is 1. The van der Waals surface area contributed by atoms with E-state index in [0.29, 0.717) is 5.56 Å². The molecule has 156 valence electrons.